The minimum atomic E-state index is -2.94. The maximum Gasteiger partial charge on any atom is 0.356 e. The maximum atomic E-state index is 12.9. The summed E-state index contributed by atoms with van der Waals surface area (Å²) in [5.74, 6) is -1.30. The van der Waals surface area contributed by atoms with Crippen LogP contribution in [0.4, 0.5) is 14.5 Å². The van der Waals surface area contributed by atoms with Gasteiger partial charge in [-0.15, -0.1) is 0 Å². The van der Waals surface area contributed by atoms with Crippen LogP contribution in [-0.4, -0.2) is 25.6 Å². The molecule has 1 aromatic carbocycles. The van der Waals surface area contributed by atoms with Crippen molar-refractivity contribution in [1.29, 1.82) is 0 Å². The predicted molar refractivity (Wildman–Crippen MR) is 62.1 cm³/mol. The van der Waals surface area contributed by atoms with Gasteiger partial charge in [-0.05, 0) is 6.07 Å². The molecule has 0 fully saturated rings. The van der Waals surface area contributed by atoms with Gasteiger partial charge >= 0.3 is 5.97 Å². The average molecular weight is 283 g/mol. The minimum Gasteiger partial charge on any atom is -0.476 e. The molecule has 0 saturated carbocycles. The standard InChI is InChI=1S/C11H7F2N3O4/c12-10(13)7-3-6(16(19)20)1-2-9(7)15-4-8(11(17)18)14-5-15/h1-5,10H,(H,17,18). The van der Waals surface area contributed by atoms with Crippen molar-refractivity contribution in [2.75, 3.05) is 0 Å². The van der Waals surface area contributed by atoms with E-state index in [-0.39, 0.29) is 11.4 Å². The summed E-state index contributed by atoms with van der Waals surface area (Å²) in [4.78, 5) is 24.0. The van der Waals surface area contributed by atoms with Crippen molar-refractivity contribution in [3.8, 4) is 5.69 Å². The van der Waals surface area contributed by atoms with Crippen molar-refractivity contribution >= 4 is 11.7 Å². The molecule has 0 aliphatic carbocycles. The molecule has 2 aromatic rings. The highest BCUT2D eigenvalue weighted by atomic mass is 19.3. The Morgan fingerprint density at radius 3 is 2.65 bits per heavy atom. The van der Waals surface area contributed by atoms with Crippen LogP contribution in [0.1, 0.15) is 22.5 Å². The number of nitro benzene ring substituents is 1. The van der Waals surface area contributed by atoms with Crippen LogP contribution in [-0.2, 0) is 0 Å². The number of halogens is 2. The van der Waals surface area contributed by atoms with Crippen molar-refractivity contribution in [1.82, 2.24) is 9.55 Å². The van der Waals surface area contributed by atoms with Gasteiger partial charge in [0.15, 0.2) is 5.69 Å². The SMILES string of the molecule is O=C(O)c1cn(-c2ccc([N+](=O)[O-])cc2C(F)F)cn1. The van der Waals surface area contributed by atoms with Gasteiger partial charge in [-0.1, -0.05) is 0 Å². The summed E-state index contributed by atoms with van der Waals surface area (Å²) >= 11 is 0. The minimum absolute atomic E-state index is 0.0643. The van der Waals surface area contributed by atoms with Gasteiger partial charge in [0.1, 0.15) is 6.33 Å². The van der Waals surface area contributed by atoms with E-state index in [1.54, 1.807) is 0 Å². The molecule has 0 atom stereocenters. The van der Waals surface area contributed by atoms with E-state index in [0.29, 0.717) is 0 Å². The molecule has 1 N–H and O–H groups in total. The fourth-order valence-electron chi connectivity index (χ4n) is 1.63. The van der Waals surface area contributed by atoms with Gasteiger partial charge in [0.25, 0.3) is 12.1 Å². The molecular formula is C11H7F2N3O4. The Balaban J connectivity index is 2.54. The monoisotopic (exact) mass is 283 g/mol. The molecule has 0 unspecified atom stereocenters. The lowest BCUT2D eigenvalue weighted by Gasteiger charge is -2.08. The molecule has 1 aromatic heterocycles. The highest BCUT2D eigenvalue weighted by Crippen LogP contribution is 2.29. The zero-order valence-electron chi connectivity index (χ0n) is 9.73. The molecule has 0 bridgehead atoms. The smallest absolute Gasteiger partial charge is 0.356 e. The van der Waals surface area contributed by atoms with Crippen molar-refractivity contribution in [3.63, 3.8) is 0 Å². The van der Waals surface area contributed by atoms with Crippen LogP contribution in [0.15, 0.2) is 30.7 Å². The molecular weight excluding hydrogens is 276 g/mol. The Kier molecular flexibility index (Phi) is 3.42. The normalized spacial score (nSPS) is 10.8. The number of nitro groups is 1. The van der Waals surface area contributed by atoms with E-state index in [1.807, 2.05) is 0 Å². The Bertz CT molecular complexity index is 684. The van der Waals surface area contributed by atoms with E-state index in [1.165, 1.54) is 0 Å². The third kappa shape index (κ3) is 2.46. The highest BCUT2D eigenvalue weighted by molar-refractivity contribution is 5.85. The van der Waals surface area contributed by atoms with Crippen LogP contribution >= 0.6 is 0 Å². The fourth-order valence-corrected chi connectivity index (χ4v) is 1.63. The van der Waals surface area contributed by atoms with Crippen molar-refractivity contribution < 1.29 is 23.6 Å². The number of aromatic carboxylic acids is 1. The van der Waals surface area contributed by atoms with Gasteiger partial charge in [-0.25, -0.2) is 18.6 Å². The molecule has 0 aliphatic heterocycles. The third-order valence-corrected chi connectivity index (χ3v) is 2.54. The summed E-state index contributed by atoms with van der Waals surface area (Å²) in [5.41, 5.74) is -1.43. The number of carbonyl (C=O) groups is 1. The van der Waals surface area contributed by atoms with Gasteiger partial charge in [0.2, 0.25) is 0 Å². The summed E-state index contributed by atoms with van der Waals surface area (Å²) in [5, 5.41) is 19.3. The zero-order chi connectivity index (χ0) is 14.9. The lowest BCUT2D eigenvalue weighted by Crippen LogP contribution is -2.00. The summed E-state index contributed by atoms with van der Waals surface area (Å²) in [6.45, 7) is 0. The van der Waals surface area contributed by atoms with E-state index < -0.39 is 28.6 Å². The third-order valence-electron chi connectivity index (χ3n) is 2.54. The van der Waals surface area contributed by atoms with E-state index in [9.17, 15) is 23.7 Å². The highest BCUT2D eigenvalue weighted by Gasteiger charge is 2.19. The lowest BCUT2D eigenvalue weighted by atomic mass is 10.1. The molecule has 0 spiro atoms. The van der Waals surface area contributed by atoms with E-state index in [2.05, 4.69) is 4.98 Å². The van der Waals surface area contributed by atoms with Crippen LogP contribution in [0.5, 0.6) is 0 Å². The van der Waals surface area contributed by atoms with Crippen molar-refractivity contribution in [2.45, 2.75) is 6.43 Å². The number of rotatable bonds is 4. The Labute approximate surface area is 110 Å². The Hall–Kier alpha value is -2.84. The Morgan fingerprint density at radius 2 is 2.15 bits per heavy atom. The molecule has 104 valence electrons. The van der Waals surface area contributed by atoms with Gasteiger partial charge in [-0.2, -0.15) is 0 Å². The summed E-state index contributed by atoms with van der Waals surface area (Å²) in [6.07, 6.45) is -0.841. The molecule has 1 heterocycles. The maximum absolute atomic E-state index is 12.9. The van der Waals surface area contributed by atoms with Gasteiger partial charge in [0.05, 0.1) is 10.6 Å². The second kappa shape index (κ2) is 5.03. The quantitative estimate of drug-likeness (QED) is 0.686. The second-order valence-electron chi connectivity index (χ2n) is 3.77. The Morgan fingerprint density at radius 1 is 1.45 bits per heavy atom. The van der Waals surface area contributed by atoms with Crippen LogP contribution in [0.25, 0.3) is 5.69 Å². The number of nitrogens with zero attached hydrogens (tertiary/aromatic N) is 3. The van der Waals surface area contributed by atoms with Crippen molar-refractivity contribution in [2.24, 2.45) is 0 Å². The van der Waals surface area contributed by atoms with Crippen LogP contribution in [0.3, 0.4) is 0 Å². The van der Waals surface area contributed by atoms with E-state index >= 15 is 0 Å². The largest absolute Gasteiger partial charge is 0.476 e. The molecule has 20 heavy (non-hydrogen) atoms. The number of imidazole rings is 1. The summed E-state index contributed by atoms with van der Waals surface area (Å²) < 4.78 is 27.0. The summed E-state index contributed by atoms with van der Waals surface area (Å²) in [6, 6.07) is 2.93. The van der Waals surface area contributed by atoms with Crippen LogP contribution < -0.4 is 0 Å². The predicted octanol–water partition coefficient (Wildman–Crippen LogP) is 2.42. The van der Waals surface area contributed by atoms with Crippen molar-refractivity contribution in [3.05, 3.63) is 52.1 Å². The molecule has 0 aliphatic rings. The number of non-ortho nitro benzene ring substituents is 1. The number of hydrogen-bond acceptors (Lipinski definition) is 4. The summed E-state index contributed by atoms with van der Waals surface area (Å²) in [7, 11) is 0. The lowest BCUT2D eigenvalue weighted by molar-refractivity contribution is -0.385. The molecule has 0 saturated heterocycles. The number of carboxylic acids is 1. The number of aromatic nitrogens is 2. The van der Waals surface area contributed by atoms with Crippen LogP contribution in [0, 0.1) is 10.1 Å². The molecule has 0 amide bonds. The van der Waals surface area contributed by atoms with Gasteiger partial charge in [0, 0.05) is 23.9 Å². The van der Waals surface area contributed by atoms with Gasteiger partial charge < -0.3 is 9.67 Å². The van der Waals surface area contributed by atoms with E-state index in [0.717, 1.165) is 35.3 Å². The fraction of sp³-hybridized carbons (Fsp3) is 0.0909. The first-order valence-corrected chi connectivity index (χ1v) is 5.24. The molecule has 7 nitrogen and oxygen atoms in total. The number of alkyl halides is 2. The van der Waals surface area contributed by atoms with Crippen LogP contribution in [0.2, 0.25) is 0 Å². The van der Waals surface area contributed by atoms with Gasteiger partial charge in [-0.3, -0.25) is 10.1 Å². The second-order valence-corrected chi connectivity index (χ2v) is 3.77. The zero-order valence-corrected chi connectivity index (χ0v) is 9.73. The first-order valence-electron chi connectivity index (χ1n) is 5.24. The molecule has 2 rings (SSSR count). The topological polar surface area (TPSA) is 98.3 Å². The first kappa shape index (κ1) is 13.6. The average Bonchev–Trinajstić information content (AvgIpc) is 2.87. The molecule has 0 radical (unpaired) electrons. The number of carboxylic acid groups (broad SMARTS) is 1. The first-order chi connectivity index (χ1) is 9.40. The van der Waals surface area contributed by atoms with E-state index in [4.69, 9.17) is 5.11 Å². The number of benzene rings is 1. The number of hydrogen-bond donors (Lipinski definition) is 1. The molecule has 9 heteroatoms.